The van der Waals surface area contributed by atoms with Crippen LogP contribution < -0.4 is 9.46 Å². The molecule has 1 heterocycles. The number of sulfonamides is 1. The predicted octanol–water partition coefficient (Wildman–Crippen LogP) is 2.34. The highest BCUT2D eigenvalue weighted by Crippen LogP contribution is 2.28. The van der Waals surface area contributed by atoms with Crippen molar-refractivity contribution >= 4 is 27.3 Å². The van der Waals surface area contributed by atoms with Gasteiger partial charge in [-0.3, -0.25) is 0 Å². The minimum absolute atomic E-state index is 0.00252. The van der Waals surface area contributed by atoms with Crippen LogP contribution in [0.1, 0.15) is 33.2 Å². The maximum Gasteiger partial charge on any atom is 0.347 e. The molecule has 0 fully saturated rings. The number of aromatic carboxylic acids is 1. The maximum absolute atomic E-state index is 14.1. The largest absolute Gasteiger partial charge is 0.494 e. The molecule has 2 aromatic rings. The Kier molecular flexibility index (Phi) is 5.21. The van der Waals surface area contributed by atoms with E-state index in [0.29, 0.717) is 5.01 Å². The number of thiazole rings is 1. The summed E-state index contributed by atoms with van der Waals surface area (Å²) in [5.41, 5.74) is -0.0700. The predicted molar refractivity (Wildman–Crippen MR) is 85.5 cm³/mol. The monoisotopic (exact) mass is 374 g/mol. The van der Waals surface area contributed by atoms with Gasteiger partial charge in [0.25, 0.3) is 0 Å². The van der Waals surface area contributed by atoms with Crippen molar-refractivity contribution in [2.45, 2.75) is 24.8 Å². The summed E-state index contributed by atoms with van der Waals surface area (Å²) in [6.07, 6.45) is 1.16. The zero-order valence-corrected chi connectivity index (χ0v) is 14.7. The van der Waals surface area contributed by atoms with Crippen molar-refractivity contribution in [3.8, 4) is 5.75 Å². The Morgan fingerprint density at radius 1 is 1.46 bits per heavy atom. The summed E-state index contributed by atoms with van der Waals surface area (Å²) in [6.45, 7) is 2.86. The van der Waals surface area contributed by atoms with Crippen molar-refractivity contribution in [2.75, 3.05) is 7.11 Å². The highest BCUT2D eigenvalue weighted by Gasteiger charge is 2.25. The molecule has 1 aromatic carbocycles. The van der Waals surface area contributed by atoms with Crippen LogP contribution >= 0.6 is 11.3 Å². The molecule has 0 aliphatic heterocycles. The zero-order chi connectivity index (χ0) is 18.1. The first-order valence-electron chi connectivity index (χ1n) is 6.71. The molecule has 1 unspecified atom stereocenters. The average Bonchev–Trinajstić information content (AvgIpc) is 2.99. The van der Waals surface area contributed by atoms with Crippen LogP contribution in [0.3, 0.4) is 0 Å². The van der Waals surface area contributed by atoms with Crippen molar-refractivity contribution in [1.82, 2.24) is 9.71 Å². The summed E-state index contributed by atoms with van der Waals surface area (Å²) >= 11 is 0.867. The quantitative estimate of drug-likeness (QED) is 0.804. The number of carbonyl (C=O) groups is 1. The first-order chi connectivity index (χ1) is 11.2. The highest BCUT2D eigenvalue weighted by atomic mass is 32.2. The van der Waals surface area contributed by atoms with Gasteiger partial charge in [0, 0.05) is 5.56 Å². The lowest BCUT2D eigenvalue weighted by molar-refractivity contribution is 0.0702. The number of carboxylic acids is 1. The van der Waals surface area contributed by atoms with Gasteiger partial charge in [0.2, 0.25) is 10.0 Å². The molecule has 1 aromatic heterocycles. The van der Waals surface area contributed by atoms with Gasteiger partial charge in [0.15, 0.2) is 11.6 Å². The number of nitrogens with one attached hydrogen (secondary N) is 1. The number of halogens is 1. The van der Waals surface area contributed by atoms with E-state index in [0.717, 1.165) is 17.5 Å². The van der Waals surface area contributed by atoms with E-state index in [1.54, 1.807) is 0 Å². The van der Waals surface area contributed by atoms with Crippen LogP contribution in [-0.4, -0.2) is 31.6 Å². The van der Waals surface area contributed by atoms with Crippen LogP contribution in [0.25, 0.3) is 0 Å². The molecule has 1 atom stereocenters. The smallest absolute Gasteiger partial charge is 0.347 e. The molecule has 10 heteroatoms. The van der Waals surface area contributed by atoms with Crippen molar-refractivity contribution in [1.29, 1.82) is 0 Å². The summed E-state index contributed by atoms with van der Waals surface area (Å²) in [5, 5.41) is 9.18. The van der Waals surface area contributed by atoms with E-state index in [-0.39, 0.29) is 21.1 Å². The van der Waals surface area contributed by atoms with Gasteiger partial charge in [-0.25, -0.2) is 27.3 Å². The molecule has 0 spiro atoms. The van der Waals surface area contributed by atoms with Gasteiger partial charge < -0.3 is 9.84 Å². The van der Waals surface area contributed by atoms with Gasteiger partial charge in [-0.05, 0) is 26.0 Å². The first-order valence-corrected chi connectivity index (χ1v) is 9.01. The van der Waals surface area contributed by atoms with Crippen molar-refractivity contribution in [3.63, 3.8) is 0 Å². The van der Waals surface area contributed by atoms with Gasteiger partial charge in [0.05, 0.1) is 24.2 Å². The average molecular weight is 374 g/mol. The van der Waals surface area contributed by atoms with Gasteiger partial charge in [-0.2, -0.15) is 0 Å². The number of hydrogen-bond acceptors (Lipinski definition) is 6. The number of carboxylic acid groups (broad SMARTS) is 1. The lowest BCUT2D eigenvalue weighted by atomic mass is 10.2. The van der Waals surface area contributed by atoms with Crippen LogP contribution in [0.4, 0.5) is 4.39 Å². The number of methoxy groups -OCH3 is 1. The van der Waals surface area contributed by atoms with Crippen LogP contribution in [-0.2, 0) is 10.0 Å². The van der Waals surface area contributed by atoms with E-state index < -0.39 is 27.9 Å². The summed E-state index contributed by atoms with van der Waals surface area (Å²) in [4.78, 5) is 14.5. The molecule has 0 amide bonds. The molecule has 7 nitrogen and oxygen atoms in total. The SMILES string of the molecule is COc1ccc(S(=O)(=O)NC(C)c2ncc(C(=O)O)s2)c(C)c1F. The molecular formula is C14H15FN2O5S2. The van der Waals surface area contributed by atoms with E-state index >= 15 is 0 Å². The van der Waals surface area contributed by atoms with Crippen molar-refractivity contribution in [2.24, 2.45) is 0 Å². The lowest BCUT2D eigenvalue weighted by Gasteiger charge is -2.15. The van der Waals surface area contributed by atoms with Gasteiger partial charge in [-0.1, -0.05) is 0 Å². The Bertz CT molecular complexity index is 879. The van der Waals surface area contributed by atoms with E-state index in [1.165, 1.54) is 33.1 Å². The molecule has 0 bridgehead atoms. The van der Waals surface area contributed by atoms with E-state index in [4.69, 9.17) is 9.84 Å². The Labute approximate surface area is 142 Å². The third-order valence-electron chi connectivity index (χ3n) is 3.25. The molecule has 0 saturated carbocycles. The molecule has 0 saturated heterocycles. The molecule has 0 radical (unpaired) electrons. The molecular weight excluding hydrogens is 359 g/mol. The molecule has 0 aliphatic rings. The van der Waals surface area contributed by atoms with Crippen molar-refractivity contribution in [3.05, 3.63) is 39.6 Å². The minimum atomic E-state index is -4.02. The summed E-state index contributed by atoms with van der Waals surface area (Å²) in [7, 11) is -2.74. The first kappa shape index (κ1) is 18.3. The van der Waals surface area contributed by atoms with E-state index in [9.17, 15) is 17.6 Å². The second-order valence-corrected chi connectivity index (χ2v) is 7.66. The number of benzene rings is 1. The second kappa shape index (κ2) is 6.83. The topological polar surface area (TPSA) is 106 Å². The van der Waals surface area contributed by atoms with Crippen LogP contribution in [0.15, 0.2) is 23.2 Å². The zero-order valence-electron chi connectivity index (χ0n) is 13.0. The number of aromatic nitrogens is 1. The molecule has 2 N–H and O–H groups in total. The van der Waals surface area contributed by atoms with Crippen LogP contribution in [0.5, 0.6) is 5.75 Å². The maximum atomic E-state index is 14.1. The number of nitrogens with zero attached hydrogens (tertiary/aromatic N) is 1. The fraction of sp³-hybridized carbons (Fsp3) is 0.286. The van der Waals surface area contributed by atoms with E-state index in [2.05, 4.69) is 9.71 Å². The standard InChI is InChI=1S/C14H15FN2O5S2/c1-7-11(5-4-9(22-3)12(7)15)24(20,21)17-8(2)13-16-6-10(23-13)14(18)19/h4-6,8,17H,1-3H3,(H,18,19). The van der Waals surface area contributed by atoms with Gasteiger partial charge in [0.1, 0.15) is 9.88 Å². The summed E-state index contributed by atoms with van der Waals surface area (Å²) in [5.74, 6) is -1.94. The molecule has 130 valence electrons. The fourth-order valence-corrected chi connectivity index (χ4v) is 4.30. The summed E-state index contributed by atoms with van der Waals surface area (Å²) < 4.78 is 46.2. The third-order valence-corrected chi connectivity index (χ3v) is 6.10. The number of ether oxygens (including phenoxy) is 1. The Balaban J connectivity index is 2.30. The fourth-order valence-electron chi connectivity index (χ4n) is 2.02. The lowest BCUT2D eigenvalue weighted by Crippen LogP contribution is -2.27. The molecule has 24 heavy (non-hydrogen) atoms. The Morgan fingerprint density at radius 2 is 2.12 bits per heavy atom. The second-order valence-electron chi connectivity index (χ2n) is 4.92. The van der Waals surface area contributed by atoms with E-state index in [1.807, 2.05) is 0 Å². The number of hydrogen-bond donors (Lipinski definition) is 2. The normalized spacial score (nSPS) is 12.8. The Hall–Kier alpha value is -2.04. The minimum Gasteiger partial charge on any atom is -0.494 e. The molecule has 0 aliphatic carbocycles. The third kappa shape index (κ3) is 3.55. The Morgan fingerprint density at radius 3 is 2.67 bits per heavy atom. The number of rotatable bonds is 6. The van der Waals surface area contributed by atoms with Crippen LogP contribution in [0, 0.1) is 12.7 Å². The van der Waals surface area contributed by atoms with Gasteiger partial charge in [-0.15, -0.1) is 11.3 Å². The molecule has 2 rings (SSSR count). The van der Waals surface area contributed by atoms with Crippen LogP contribution in [0.2, 0.25) is 0 Å². The highest BCUT2D eigenvalue weighted by molar-refractivity contribution is 7.89. The van der Waals surface area contributed by atoms with Crippen molar-refractivity contribution < 1.29 is 27.4 Å². The summed E-state index contributed by atoms with van der Waals surface area (Å²) in [6, 6.07) is 1.71. The van der Waals surface area contributed by atoms with Gasteiger partial charge >= 0.3 is 5.97 Å².